The van der Waals surface area contributed by atoms with E-state index in [1.165, 1.54) is 16.7 Å². The molecule has 2 amide bonds. The van der Waals surface area contributed by atoms with Gasteiger partial charge in [0, 0.05) is 31.2 Å². The first-order valence-corrected chi connectivity index (χ1v) is 12.1. The zero-order valence-corrected chi connectivity index (χ0v) is 19.2. The number of nitrogens with one attached hydrogen (secondary N) is 1. The van der Waals surface area contributed by atoms with Crippen LogP contribution in [-0.2, 0) is 22.6 Å². The molecule has 32 heavy (non-hydrogen) atoms. The molecule has 0 bridgehead atoms. The minimum Gasteiger partial charge on any atom is -0.350 e. The fraction of sp³-hybridized carbons (Fsp3) is 0.346. The maximum absolute atomic E-state index is 12.7. The number of carbonyl (C=O) groups is 2. The van der Waals surface area contributed by atoms with Gasteiger partial charge >= 0.3 is 0 Å². The molecule has 166 valence electrons. The van der Waals surface area contributed by atoms with Crippen LogP contribution in [0.15, 0.2) is 60.0 Å². The zero-order valence-electron chi connectivity index (χ0n) is 18.4. The normalized spacial score (nSPS) is 15.7. The highest BCUT2D eigenvalue weighted by atomic mass is 32.1. The Morgan fingerprint density at radius 2 is 1.88 bits per heavy atom. The zero-order chi connectivity index (χ0) is 22.3. The van der Waals surface area contributed by atoms with Gasteiger partial charge in [-0.25, -0.2) is 4.98 Å². The minimum atomic E-state index is -0.107. The number of hydrogen-bond donors (Lipinski definition) is 1. The van der Waals surface area contributed by atoms with E-state index in [0.717, 1.165) is 36.5 Å². The van der Waals surface area contributed by atoms with E-state index in [2.05, 4.69) is 46.9 Å². The summed E-state index contributed by atoms with van der Waals surface area (Å²) in [7, 11) is 0. The van der Waals surface area contributed by atoms with Gasteiger partial charge in [0.2, 0.25) is 11.8 Å². The third kappa shape index (κ3) is 5.62. The van der Waals surface area contributed by atoms with Crippen molar-refractivity contribution in [1.29, 1.82) is 0 Å². The van der Waals surface area contributed by atoms with Crippen molar-refractivity contribution in [2.45, 2.75) is 51.6 Å². The lowest BCUT2D eigenvalue weighted by Gasteiger charge is -2.25. The van der Waals surface area contributed by atoms with Crippen molar-refractivity contribution in [3.05, 3.63) is 87.4 Å². The molecule has 0 saturated carbocycles. The van der Waals surface area contributed by atoms with Crippen molar-refractivity contribution in [3.63, 3.8) is 0 Å². The van der Waals surface area contributed by atoms with E-state index >= 15 is 0 Å². The van der Waals surface area contributed by atoms with Gasteiger partial charge in [0.25, 0.3) is 0 Å². The van der Waals surface area contributed by atoms with Gasteiger partial charge in [-0.3, -0.25) is 9.59 Å². The van der Waals surface area contributed by atoms with E-state index in [1.54, 1.807) is 11.3 Å². The summed E-state index contributed by atoms with van der Waals surface area (Å²) in [5.74, 6) is -0.0502. The Balaban J connectivity index is 1.23. The summed E-state index contributed by atoms with van der Waals surface area (Å²) in [6, 6.07) is 18.6. The average Bonchev–Trinajstić information content (AvgIpc) is 3.48. The van der Waals surface area contributed by atoms with Crippen LogP contribution in [0.2, 0.25) is 0 Å². The van der Waals surface area contributed by atoms with Crippen molar-refractivity contribution in [1.82, 2.24) is 15.2 Å². The highest BCUT2D eigenvalue weighted by Crippen LogP contribution is 2.32. The van der Waals surface area contributed by atoms with Gasteiger partial charge in [-0.05, 0) is 36.5 Å². The molecule has 1 saturated heterocycles. The number of benzene rings is 2. The summed E-state index contributed by atoms with van der Waals surface area (Å²) in [6.45, 7) is 3.28. The van der Waals surface area contributed by atoms with E-state index in [9.17, 15) is 9.59 Å². The molecule has 5 nitrogen and oxygen atoms in total. The lowest BCUT2D eigenvalue weighted by Crippen LogP contribution is -2.32. The first kappa shape index (κ1) is 22.2. The first-order valence-electron chi connectivity index (χ1n) is 11.2. The summed E-state index contributed by atoms with van der Waals surface area (Å²) in [5.41, 5.74) is 4.72. The topological polar surface area (TPSA) is 62.3 Å². The van der Waals surface area contributed by atoms with Gasteiger partial charge < -0.3 is 10.2 Å². The highest BCUT2D eigenvalue weighted by Gasteiger charge is 2.29. The lowest BCUT2D eigenvalue weighted by atomic mass is 10.0. The van der Waals surface area contributed by atoms with Crippen LogP contribution in [0.5, 0.6) is 0 Å². The Hall–Kier alpha value is -2.99. The SMILES string of the molecule is Cc1ccccc1Cc1csc(CNC(=O)CCC(=O)N2CCCC2c2ccccc2)n1. The number of aromatic nitrogens is 1. The summed E-state index contributed by atoms with van der Waals surface area (Å²) in [5, 5.41) is 5.85. The molecule has 6 heteroatoms. The quantitative estimate of drug-likeness (QED) is 0.539. The van der Waals surface area contributed by atoms with Crippen LogP contribution in [0.1, 0.15) is 59.1 Å². The Kier molecular flexibility index (Phi) is 7.32. The summed E-state index contributed by atoms with van der Waals surface area (Å²) in [4.78, 5) is 31.7. The molecule has 1 aliphatic heterocycles. The maximum Gasteiger partial charge on any atom is 0.223 e. The largest absolute Gasteiger partial charge is 0.350 e. The standard InChI is InChI=1S/C26H29N3O2S/c1-19-8-5-6-11-21(19)16-22-18-32-25(28-22)17-27-24(30)13-14-26(31)29-15-7-12-23(29)20-9-3-2-4-10-20/h2-6,8-11,18,23H,7,12-17H2,1H3,(H,27,30). The summed E-state index contributed by atoms with van der Waals surface area (Å²) in [6.07, 6.45) is 3.23. The molecule has 0 spiro atoms. The molecule has 2 heterocycles. The van der Waals surface area contributed by atoms with E-state index < -0.39 is 0 Å². The fourth-order valence-corrected chi connectivity index (χ4v) is 4.96. The monoisotopic (exact) mass is 447 g/mol. The smallest absolute Gasteiger partial charge is 0.223 e. The number of carbonyl (C=O) groups excluding carboxylic acids is 2. The Bertz CT molecular complexity index is 1060. The van der Waals surface area contributed by atoms with Crippen molar-refractivity contribution in [3.8, 4) is 0 Å². The number of hydrogen-bond acceptors (Lipinski definition) is 4. The third-order valence-electron chi connectivity index (χ3n) is 5.99. The second-order valence-electron chi connectivity index (χ2n) is 8.27. The molecule has 0 radical (unpaired) electrons. The van der Waals surface area contributed by atoms with Crippen LogP contribution < -0.4 is 5.32 Å². The first-order chi connectivity index (χ1) is 15.6. The number of aryl methyl sites for hydroxylation is 1. The van der Waals surface area contributed by atoms with Crippen molar-refractivity contribution in [2.24, 2.45) is 0 Å². The molecular weight excluding hydrogens is 418 g/mol. The lowest BCUT2D eigenvalue weighted by molar-refractivity contribution is -0.134. The molecule has 1 fully saturated rings. The van der Waals surface area contributed by atoms with Crippen molar-refractivity contribution in [2.75, 3.05) is 6.54 Å². The second-order valence-corrected chi connectivity index (χ2v) is 9.21. The molecule has 3 aromatic rings. The molecule has 1 atom stereocenters. The molecular formula is C26H29N3O2S. The van der Waals surface area contributed by atoms with Crippen LogP contribution >= 0.6 is 11.3 Å². The third-order valence-corrected chi connectivity index (χ3v) is 6.89. The summed E-state index contributed by atoms with van der Waals surface area (Å²) < 4.78 is 0. The molecule has 0 aliphatic carbocycles. The van der Waals surface area contributed by atoms with Gasteiger partial charge in [-0.1, -0.05) is 54.6 Å². The van der Waals surface area contributed by atoms with Crippen molar-refractivity contribution < 1.29 is 9.59 Å². The van der Waals surface area contributed by atoms with Crippen LogP contribution in [0.4, 0.5) is 0 Å². The summed E-state index contributed by atoms with van der Waals surface area (Å²) >= 11 is 1.56. The Morgan fingerprint density at radius 3 is 2.69 bits per heavy atom. The predicted molar refractivity (Wildman–Crippen MR) is 127 cm³/mol. The van der Waals surface area contributed by atoms with Gasteiger partial charge in [0.15, 0.2) is 0 Å². The van der Waals surface area contributed by atoms with Crippen molar-refractivity contribution >= 4 is 23.2 Å². The van der Waals surface area contributed by atoms with Gasteiger partial charge in [-0.2, -0.15) is 0 Å². The van der Waals surface area contributed by atoms with Crippen LogP contribution in [0, 0.1) is 6.92 Å². The number of nitrogens with zero attached hydrogens (tertiary/aromatic N) is 2. The molecule has 1 aliphatic rings. The molecule has 1 N–H and O–H groups in total. The molecule has 1 aromatic heterocycles. The van der Waals surface area contributed by atoms with E-state index in [-0.39, 0.29) is 30.7 Å². The van der Waals surface area contributed by atoms with Gasteiger partial charge in [-0.15, -0.1) is 11.3 Å². The van der Waals surface area contributed by atoms with Crippen LogP contribution in [-0.4, -0.2) is 28.2 Å². The van der Waals surface area contributed by atoms with Gasteiger partial charge in [0.05, 0.1) is 18.3 Å². The number of amides is 2. The minimum absolute atomic E-state index is 0.0567. The van der Waals surface area contributed by atoms with E-state index in [0.29, 0.717) is 6.54 Å². The number of rotatable bonds is 8. The second kappa shape index (κ2) is 10.6. The Labute approximate surface area is 193 Å². The number of thiazole rings is 1. The molecule has 2 aromatic carbocycles. The van der Waals surface area contributed by atoms with Crippen LogP contribution in [0.25, 0.3) is 0 Å². The highest BCUT2D eigenvalue weighted by molar-refractivity contribution is 7.09. The van der Waals surface area contributed by atoms with E-state index in [1.807, 2.05) is 35.2 Å². The van der Waals surface area contributed by atoms with Gasteiger partial charge in [0.1, 0.15) is 5.01 Å². The predicted octanol–water partition coefficient (Wildman–Crippen LogP) is 4.80. The molecule has 4 rings (SSSR count). The fourth-order valence-electron chi connectivity index (χ4n) is 4.23. The number of likely N-dealkylation sites (tertiary alicyclic amines) is 1. The Morgan fingerprint density at radius 1 is 1.09 bits per heavy atom. The molecule has 1 unspecified atom stereocenters. The average molecular weight is 448 g/mol. The maximum atomic E-state index is 12.7. The van der Waals surface area contributed by atoms with E-state index in [4.69, 9.17) is 0 Å². The van der Waals surface area contributed by atoms with Crippen LogP contribution in [0.3, 0.4) is 0 Å².